The van der Waals surface area contributed by atoms with E-state index in [2.05, 4.69) is 20.3 Å². The van der Waals surface area contributed by atoms with Crippen LogP contribution in [0.5, 0.6) is 0 Å². The molecule has 9 nitrogen and oxygen atoms in total. The Labute approximate surface area is 133 Å². The molecule has 0 aromatic carbocycles. The zero-order valence-corrected chi connectivity index (χ0v) is 12.8. The van der Waals surface area contributed by atoms with Crippen LogP contribution in [0, 0.1) is 0 Å². The van der Waals surface area contributed by atoms with Crippen molar-refractivity contribution < 1.29 is 20.1 Å². The molecule has 0 bridgehead atoms. The van der Waals surface area contributed by atoms with E-state index in [9.17, 15) is 15.0 Å². The molecule has 1 fully saturated rings. The van der Waals surface area contributed by atoms with E-state index in [-0.39, 0.29) is 5.28 Å². The number of nitrogens with one attached hydrogen (secondary N) is 1. The van der Waals surface area contributed by atoms with Crippen LogP contribution >= 0.6 is 23.4 Å². The van der Waals surface area contributed by atoms with E-state index in [1.807, 2.05) is 0 Å². The van der Waals surface area contributed by atoms with Gasteiger partial charge in [-0.1, -0.05) is 0 Å². The fourth-order valence-corrected chi connectivity index (χ4v) is 3.85. The number of imidazole rings is 1. The Morgan fingerprint density at radius 3 is 2.73 bits per heavy atom. The van der Waals surface area contributed by atoms with Gasteiger partial charge >= 0.3 is 5.97 Å². The molecule has 118 valence electrons. The lowest BCUT2D eigenvalue weighted by Gasteiger charge is -2.16. The van der Waals surface area contributed by atoms with Gasteiger partial charge in [-0.2, -0.15) is 9.97 Å². The van der Waals surface area contributed by atoms with Gasteiger partial charge in [-0.3, -0.25) is 9.36 Å². The zero-order valence-electron chi connectivity index (χ0n) is 11.2. The first-order chi connectivity index (χ1) is 10.4. The summed E-state index contributed by atoms with van der Waals surface area (Å²) in [6.07, 6.45) is -1.24. The smallest absolute Gasteiger partial charge is 0.319 e. The van der Waals surface area contributed by atoms with E-state index in [1.165, 1.54) is 10.9 Å². The Hall–Kier alpha value is -1.62. The van der Waals surface area contributed by atoms with Crippen molar-refractivity contribution in [1.29, 1.82) is 0 Å². The number of anilines is 1. The number of carbonyl (C=O) groups is 1. The third-order valence-corrected chi connectivity index (χ3v) is 5.11. The summed E-state index contributed by atoms with van der Waals surface area (Å²) in [6.45, 7) is 0. The minimum atomic E-state index is -1.38. The van der Waals surface area contributed by atoms with E-state index in [0.717, 1.165) is 11.8 Å². The molecule has 3 heterocycles. The Morgan fingerprint density at radius 2 is 2.14 bits per heavy atom. The highest BCUT2D eigenvalue weighted by Crippen LogP contribution is 2.43. The summed E-state index contributed by atoms with van der Waals surface area (Å²) < 4.78 is 1.49. The van der Waals surface area contributed by atoms with Gasteiger partial charge in [0.1, 0.15) is 22.8 Å². The number of rotatable bonds is 3. The predicted octanol–water partition coefficient (Wildman–Crippen LogP) is -0.0582. The molecule has 2 aromatic heterocycles. The lowest BCUT2D eigenvalue weighted by atomic mass is 10.1. The van der Waals surface area contributed by atoms with Crippen LogP contribution < -0.4 is 5.32 Å². The number of carboxylic acid groups (broad SMARTS) is 1. The molecule has 1 aliphatic rings. The third-order valence-electron chi connectivity index (χ3n) is 3.39. The largest absolute Gasteiger partial charge is 0.480 e. The first-order valence-electron chi connectivity index (χ1n) is 6.26. The van der Waals surface area contributed by atoms with E-state index in [0.29, 0.717) is 17.0 Å². The normalized spacial score (nSPS) is 28.2. The number of carboxylic acids is 1. The van der Waals surface area contributed by atoms with Gasteiger partial charge in [-0.05, 0) is 11.6 Å². The maximum absolute atomic E-state index is 11.1. The Bertz CT molecular complexity index is 741. The minimum Gasteiger partial charge on any atom is -0.480 e. The van der Waals surface area contributed by atoms with Gasteiger partial charge < -0.3 is 20.6 Å². The molecular weight excluding hydrogens is 334 g/mol. The lowest BCUT2D eigenvalue weighted by molar-refractivity contribution is -0.139. The van der Waals surface area contributed by atoms with E-state index >= 15 is 0 Å². The van der Waals surface area contributed by atoms with Crippen molar-refractivity contribution in [3.05, 3.63) is 11.6 Å². The average Bonchev–Trinajstić information content (AvgIpc) is 3.01. The first kappa shape index (κ1) is 15.3. The average molecular weight is 346 g/mol. The van der Waals surface area contributed by atoms with Gasteiger partial charge in [0.2, 0.25) is 5.28 Å². The molecule has 22 heavy (non-hydrogen) atoms. The monoisotopic (exact) mass is 345 g/mol. The van der Waals surface area contributed by atoms with Crippen molar-refractivity contribution >= 4 is 46.3 Å². The predicted molar refractivity (Wildman–Crippen MR) is 79.9 cm³/mol. The van der Waals surface area contributed by atoms with Crippen molar-refractivity contribution in [2.75, 3.05) is 12.4 Å². The van der Waals surface area contributed by atoms with Gasteiger partial charge in [-0.15, -0.1) is 11.8 Å². The molecule has 2 aromatic rings. The number of aliphatic hydroxyl groups excluding tert-OH is 2. The van der Waals surface area contributed by atoms with E-state index < -0.39 is 28.8 Å². The first-order valence-corrected chi connectivity index (χ1v) is 7.58. The van der Waals surface area contributed by atoms with E-state index in [4.69, 9.17) is 16.7 Å². The summed E-state index contributed by atoms with van der Waals surface area (Å²) in [6, 6.07) is 0. The van der Waals surface area contributed by atoms with Crippen LogP contribution in [0.1, 0.15) is 5.37 Å². The van der Waals surface area contributed by atoms with Crippen LogP contribution in [0.3, 0.4) is 0 Å². The highest BCUT2D eigenvalue weighted by Gasteiger charge is 2.47. The number of thioether (sulfide) groups is 1. The van der Waals surface area contributed by atoms with Crippen molar-refractivity contribution in [2.45, 2.75) is 22.8 Å². The molecule has 3 rings (SSSR count). The second kappa shape index (κ2) is 5.54. The van der Waals surface area contributed by atoms with Crippen LogP contribution in [0.15, 0.2) is 6.33 Å². The third kappa shape index (κ3) is 2.28. The van der Waals surface area contributed by atoms with Crippen molar-refractivity contribution in [3.63, 3.8) is 0 Å². The molecule has 1 aliphatic heterocycles. The number of aromatic nitrogens is 4. The molecule has 0 radical (unpaired) electrons. The molecule has 0 amide bonds. The quantitative estimate of drug-likeness (QED) is 0.564. The van der Waals surface area contributed by atoms with Crippen LogP contribution in [-0.4, -0.2) is 65.3 Å². The van der Waals surface area contributed by atoms with Gasteiger partial charge in [0.05, 0.1) is 6.33 Å². The lowest BCUT2D eigenvalue weighted by Crippen LogP contribution is -2.35. The van der Waals surface area contributed by atoms with Gasteiger partial charge in [0, 0.05) is 7.05 Å². The number of hydrogen-bond acceptors (Lipinski definition) is 8. The molecule has 0 saturated carbocycles. The Kier molecular flexibility index (Phi) is 3.85. The summed E-state index contributed by atoms with van der Waals surface area (Å²) in [7, 11) is 1.65. The summed E-state index contributed by atoms with van der Waals surface area (Å²) in [5, 5.41) is 30.0. The van der Waals surface area contributed by atoms with Crippen LogP contribution in [0.2, 0.25) is 5.28 Å². The molecule has 4 N–H and O–H groups in total. The standard InChI is InChI=1S/C11H12ClN5O4S/c1-13-7-3-8(16-11(12)15-7)17(2-14-3)9-5(19)4(18)6(22-9)10(20)21/h2,4-6,9,18-19H,1H3,(H,20,21)(H,13,15,16). The summed E-state index contributed by atoms with van der Waals surface area (Å²) in [5.74, 6) is -0.770. The number of aliphatic carboxylic acids is 1. The molecule has 1 saturated heterocycles. The van der Waals surface area contributed by atoms with Crippen molar-refractivity contribution in [1.82, 2.24) is 19.5 Å². The number of aliphatic hydroxyl groups is 2. The highest BCUT2D eigenvalue weighted by atomic mass is 35.5. The SMILES string of the molecule is CNc1nc(Cl)nc2c1ncn2C1SC(C(=O)O)C(O)C1O. The summed E-state index contributed by atoms with van der Waals surface area (Å²) in [4.78, 5) is 23.4. The minimum absolute atomic E-state index is 0.00794. The second-order valence-corrected chi connectivity index (χ2v) is 6.28. The van der Waals surface area contributed by atoms with Gasteiger partial charge in [0.25, 0.3) is 0 Å². The van der Waals surface area contributed by atoms with Crippen LogP contribution in [-0.2, 0) is 4.79 Å². The molecule has 11 heteroatoms. The zero-order chi connectivity index (χ0) is 16.0. The fourth-order valence-electron chi connectivity index (χ4n) is 2.34. The Balaban J connectivity index is 2.08. The molecular formula is C11H12ClN5O4S. The van der Waals surface area contributed by atoms with Crippen molar-refractivity contribution in [3.8, 4) is 0 Å². The van der Waals surface area contributed by atoms with Crippen LogP contribution in [0.4, 0.5) is 5.82 Å². The number of nitrogens with zero attached hydrogens (tertiary/aromatic N) is 4. The van der Waals surface area contributed by atoms with Gasteiger partial charge in [-0.25, -0.2) is 4.98 Å². The van der Waals surface area contributed by atoms with E-state index in [1.54, 1.807) is 7.05 Å². The molecule has 0 spiro atoms. The molecule has 0 aliphatic carbocycles. The van der Waals surface area contributed by atoms with Crippen LogP contribution in [0.25, 0.3) is 11.2 Å². The summed E-state index contributed by atoms with van der Waals surface area (Å²) >= 11 is 6.79. The number of fused-ring (bicyclic) bond motifs is 1. The maximum Gasteiger partial charge on any atom is 0.319 e. The van der Waals surface area contributed by atoms with Crippen molar-refractivity contribution in [2.24, 2.45) is 0 Å². The number of halogens is 1. The number of hydrogen-bond donors (Lipinski definition) is 4. The topological polar surface area (TPSA) is 133 Å². The highest BCUT2D eigenvalue weighted by molar-refractivity contribution is 8.01. The van der Waals surface area contributed by atoms with Gasteiger partial charge in [0.15, 0.2) is 17.0 Å². The fraction of sp³-hybridized carbons (Fsp3) is 0.455. The summed E-state index contributed by atoms with van der Waals surface area (Å²) in [5.41, 5.74) is 0.784. The maximum atomic E-state index is 11.1. The second-order valence-electron chi connectivity index (χ2n) is 4.68. The molecule has 4 atom stereocenters. The molecule has 4 unspecified atom stereocenters. The Morgan fingerprint density at radius 1 is 1.41 bits per heavy atom.